The van der Waals surface area contributed by atoms with Crippen molar-refractivity contribution in [1.82, 2.24) is 10.7 Å². The number of hydrazone groups is 1. The van der Waals surface area contributed by atoms with Crippen LogP contribution in [0.25, 0.3) is 0 Å². The highest BCUT2D eigenvalue weighted by molar-refractivity contribution is 6.30. The maximum Gasteiger partial charge on any atom is 0.304 e. The van der Waals surface area contributed by atoms with Crippen molar-refractivity contribution in [2.45, 2.75) is 12.1 Å². The summed E-state index contributed by atoms with van der Waals surface area (Å²) in [6.07, 6.45) is 1.81. The van der Waals surface area contributed by atoms with Gasteiger partial charge in [-0.25, -0.2) is 0 Å². The van der Waals surface area contributed by atoms with Gasteiger partial charge in [0.25, 0.3) is 5.91 Å². The Morgan fingerprint density at radius 3 is 2.36 bits per heavy atom. The molecule has 1 saturated heterocycles. The monoisotopic (exact) mass is 464 g/mol. The molecule has 7 nitrogen and oxygen atoms in total. The molecular weight excluding hydrogens is 442 g/mol. The molecule has 0 aromatic heterocycles. The summed E-state index contributed by atoms with van der Waals surface area (Å²) in [6, 6.07) is 20.0. The van der Waals surface area contributed by atoms with Gasteiger partial charge in [-0.05, 0) is 66.7 Å². The molecule has 2 amide bonds. The van der Waals surface area contributed by atoms with Gasteiger partial charge < -0.3 is 14.8 Å². The van der Waals surface area contributed by atoms with Crippen LogP contribution in [0.1, 0.15) is 27.5 Å². The summed E-state index contributed by atoms with van der Waals surface area (Å²) in [5.41, 5.74) is 4.94. The second kappa shape index (κ2) is 9.75. The van der Waals surface area contributed by atoms with Crippen LogP contribution in [0.2, 0.25) is 5.02 Å². The molecule has 8 heteroatoms. The fourth-order valence-corrected chi connectivity index (χ4v) is 3.82. The number of halogens is 1. The fraction of sp³-hybridized carbons (Fsp3) is 0.160. The topological polar surface area (TPSA) is 79.7 Å². The number of benzene rings is 3. The SMILES string of the molecule is COc1ccc([C@@H]2[C@@H](NC(=O)c3ccc(Cl)cc3)C(=O)N/[N+]2=C\c2cccc(OC)c2)cc1. The van der Waals surface area contributed by atoms with Gasteiger partial charge >= 0.3 is 5.91 Å². The molecule has 3 aromatic rings. The number of carbonyl (C=O) groups excluding carboxylic acids is 2. The van der Waals surface area contributed by atoms with Crippen molar-refractivity contribution < 1.29 is 23.7 Å². The van der Waals surface area contributed by atoms with Crippen molar-refractivity contribution >= 4 is 29.6 Å². The van der Waals surface area contributed by atoms with E-state index in [0.717, 1.165) is 11.1 Å². The van der Waals surface area contributed by atoms with E-state index in [1.54, 1.807) is 43.2 Å². The van der Waals surface area contributed by atoms with Crippen LogP contribution in [-0.4, -0.2) is 43.0 Å². The number of rotatable bonds is 6. The molecule has 2 N–H and O–H groups in total. The summed E-state index contributed by atoms with van der Waals surface area (Å²) >= 11 is 5.93. The maximum absolute atomic E-state index is 13.0. The zero-order valence-electron chi connectivity index (χ0n) is 18.1. The lowest BCUT2D eigenvalue weighted by atomic mass is 9.99. The maximum atomic E-state index is 13.0. The zero-order chi connectivity index (χ0) is 23.4. The van der Waals surface area contributed by atoms with Gasteiger partial charge in [-0.3, -0.25) is 9.59 Å². The quantitative estimate of drug-likeness (QED) is 0.548. The molecule has 0 unspecified atom stereocenters. The van der Waals surface area contributed by atoms with Crippen molar-refractivity contribution in [2.75, 3.05) is 14.2 Å². The molecular formula is C25H23ClN3O4+. The van der Waals surface area contributed by atoms with Crippen molar-refractivity contribution in [3.05, 3.63) is 94.5 Å². The smallest absolute Gasteiger partial charge is 0.304 e. The highest BCUT2D eigenvalue weighted by Crippen LogP contribution is 2.27. The third-order valence-electron chi connectivity index (χ3n) is 5.37. The number of hydrogen-bond acceptors (Lipinski definition) is 4. The predicted molar refractivity (Wildman–Crippen MR) is 125 cm³/mol. The van der Waals surface area contributed by atoms with E-state index in [-0.39, 0.29) is 11.8 Å². The molecule has 0 spiro atoms. The van der Waals surface area contributed by atoms with Gasteiger partial charge in [0.05, 0.1) is 14.2 Å². The number of nitrogens with one attached hydrogen (secondary N) is 2. The van der Waals surface area contributed by atoms with E-state index in [4.69, 9.17) is 21.1 Å². The van der Waals surface area contributed by atoms with Crippen molar-refractivity contribution in [3.63, 3.8) is 0 Å². The first-order chi connectivity index (χ1) is 16.0. The third-order valence-corrected chi connectivity index (χ3v) is 5.62. The van der Waals surface area contributed by atoms with E-state index < -0.39 is 12.1 Å². The number of hydrazine groups is 1. The first-order valence-electron chi connectivity index (χ1n) is 10.3. The fourth-order valence-electron chi connectivity index (χ4n) is 3.69. The number of hydrogen-bond donors (Lipinski definition) is 2. The van der Waals surface area contributed by atoms with Crippen LogP contribution in [0, 0.1) is 0 Å². The number of carbonyl (C=O) groups is 2. The van der Waals surface area contributed by atoms with Gasteiger partial charge in [0.2, 0.25) is 12.3 Å². The minimum absolute atomic E-state index is 0.322. The average molecular weight is 465 g/mol. The Hall–Kier alpha value is -3.84. The second-order valence-electron chi connectivity index (χ2n) is 7.47. The molecule has 4 rings (SSSR count). The number of nitrogens with zero attached hydrogens (tertiary/aromatic N) is 1. The van der Waals surface area contributed by atoms with Crippen molar-refractivity contribution in [3.8, 4) is 11.5 Å². The van der Waals surface area contributed by atoms with Gasteiger partial charge in [0.15, 0.2) is 6.04 Å². The minimum Gasteiger partial charge on any atom is -0.497 e. The van der Waals surface area contributed by atoms with Crippen LogP contribution >= 0.6 is 11.6 Å². The molecule has 1 aliphatic heterocycles. The number of amides is 2. The summed E-state index contributed by atoms with van der Waals surface area (Å²) in [5.74, 6) is 0.704. The molecule has 3 aromatic carbocycles. The number of ether oxygens (including phenoxy) is 2. The first-order valence-corrected chi connectivity index (χ1v) is 10.6. The van der Waals surface area contributed by atoms with Crippen LogP contribution in [-0.2, 0) is 4.79 Å². The van der Waals surface area contributed by atoms with Crippen molar-refractivity contribution in [2.24, 2.45) is 0 Å². The van der Waals surface area contributed by atoms with Gasteiger partial charge in [0.1, 0.15) is 11.5 Å². The predicted octanol–water partition coefficient (Wildman–Crippen LogP) is 3.37. The van der Waals surface area contributed by atoms with Crippen LogP contribution in [0.3, 0.4) is 0 Å². The zero-order valence-corrected chi connectivity index (χ0v) is 18.9. The molecule has 1 fully saturated rings. The van der Waals surface area contributed by atoms with Crippen LogP contribution < -0.4 is 20.2 Å². The Labute approximate surface area is 196 Å². The van der Waals surface area contributed by atoms with E-state index >= 15 is 0 Å². The largest absolute Gasteiger partial charge is 0.497 e. The lowest BCUT2D eigenvalue weighted by Gasteiger charge is -2.15. The highest BCUT2D eigenvalue weighted by atomic mass is 35.5. The third kappa shape index (κ3) is 4.99. The lowest BCUT2D eigenvalue weighted by Crippen LogP contribution is -2.42. The Kier molecular flexibility index (Phi) is 6.60. The van der Waals surface area contributed by atoms with E-state index in [0.29, 0.717) is 22.1 Å². The van der Waals surface area contributed by atoms with Gasteiger partial charge in [0, 0.05) is 21.7 Å². The van der Waals surface area contributed by atoms with Gasteiger partial charge in [-0.2, -0.15) is 0 Å². The molecule has 0 bridgehead atoms. The van der Waals surface area contributed by atoms with E-state index in [1.165, 1.54) is 0 Å². The first kappa shape index (κ1) is 22.4. The highest BCUT2D eigenvalue weighted by Gasteiger charge is 2.47. The summed E-state index contributed by atoms with van der Waals surface area (Å²) in [7, 11) is 3.19. The molecule has 168 valence electrons. The minimum atomic E-state index is -0.830. The second-order valence-corrected chi connectivity index (χ2v) is 7.90. The lowest BCUT2D eigenvalue weighted by molar-refractivity contribution is -0.596. The summed E-state index contributed by atoms with van der Waals surface area (Å²) < 4.78 is 12.3. The summed E-state index contributed by atoms with van der Waals surface area (Å²) in [6.45, 7) is 0. The molecule has 33 heavy (non-hydrogen) atoms. The van der Waals surface area contributed by atoms with E-state index in [1.807, 2.05) is 54.7 Å². The Morgan fingerprint density at radius 1 is 1.00 bits per heavy atom. The molecule has 1 aliphatic rings. The normalized spacial score (nSPS) is 18.6. The van der Waals surface area contributed by atoms with E-state index in [2.05, 4.69) is 10.7 Å². The van der Waals surface area contributed by atoms with Crippen LogP contribution in [0.15, 0.2) is 72.8 Å². The molecule has 0 aliphatic carbocycles. The molecule has 1 heterocycles. The Bertz CT molecular complexity index is 1190. The Morgan fingerprint density at radius 2 is 1.70 bits per heavy atom. The van der Waals surface area contributed by atoms with Crippen LogP contribution in [0.5, 0.6) is 11.5 Å². The number of methoxy groups -OCH3 is 2. The summed E-state index contributed by atoms with van der Waals surface area (Å²) in [5, 5.41) is 3.40. The standard InChI is InChI=1S/C25H22ClN3O4/c1-32-20-12-8-17(9-13-20)23-22(27-24(30)18-6-10-19(26)11-7-18)25(31)28-29(23)15-16-4-3-5-21(14-16)33-2/h3-15,22-23H,1-2H3,(H-,27,28,30,31)/p+1/b29-15-/t22-,23-/m1/s1. The van der Waals surface area contributed by atoms with Crippen LogP contribution in [0.4, 0.5) is 0 Å². The molecule has 0 saturated carbocycles. The molecule has 0 radical (unpaired) electrons. The Balaban J connectivity index is 1.70. The molecule has 2 atom stereocenters. The van der Waals surface area contributed by atoms with Gasteiger partial charge in [-0.15, -0.1) is 10.1 Å². The summed E-state index contributed by atoms with van der Waals surface area (Å²) in [4.78, 5) is 25.9. The van der Waals surface area contributed by atoms with E-state index in [9.17, 15) is 9.59 Å². The van der Waals surface area contributed by atoms with Crippen molar-refractivity contribution in [1.29, 1.82) is 0 Å². The average Bonchev–Trinajstić information content (AvgIpc) is 3.13. The van der Waals surface area contributed by atoms with Gasteiger partial charge in [-0.1, -0.05) is 17.7 Å².